The van der Waals surface area contributed by atoms with Gasteiger partial charge in [0.05, 0.1) is 12.6 Å². The van der Waals surface area contributed by atoms with Gasteiger partial charge in [-0.15, -0.1) is 0 Å². The summed E-state index contributed by atoms with van der Waals surface area (Å²) in [5.74, 6) is 0.676. The van der Waals surface area contributed by atoms with Crippen molar-refractivity contribution < 1.29 is 0 Å². The number of rotatable bonds is 3. The Morgan fingerprint density at radius 3 is 2.75 bits per heavy atom. The van der Waals surface area contributed by atoms with Crippen molar-refractivity contribution in [2.24, 2.45) is 10.7 Å². The third-order valence-electron chi connectivity index (χ3n) is 2.82. The molecule has 4 heteroatoms. The second-order valence-corrected chi connectivity index (χ2v) is 4.88. The Kier molecular flexibility index (Phi) is 3.49. The summed E-state index contributed by atoms with van der Waals surface area (Å²) >= 11 is 3.44. The van der Waals surface area contributed by atoms with Crippen LogP contribution in [0, 0.1) is 0 Å². The minimum absolute atomic E-state index is 0.313. The Bertz CT molecular complexity index is 386. The van der Waals surface area contributed by atoms with Crippen molar-refractivity contribution in [1.82, 2.24) is 4.90 Å². The van der Waals surface area contributed by atoms with Gasteiger partial charge in [-0.25, -0.2) is 0 Å². The Hall–Kier alpha value is -1.03. The first-order valence-corrected chi connectivity index (χ1v) is 6.33. The van der Waals surface area contributed by atoms with Gasteiger partial charge in [0, 0.05) is 11.0 Å². The average molecular weight is 282 g/mol. The molecular weight excluding hydrogens is 266 g/mol. The summed E-state index contributed by atoms with van der Waals surface area (Å²) in [7, 11) is 0. The molecule has 1 heterocycles. The van der Waals surface area contributed by atoms with Crippen LogP contribution in [-0.2, 0) is 0 Å². The molecular formula is C12H16BrN3. The maximum atomic E-state index is 5.89. The van der Waals surface area contributed by atoms with Gasteiger partial charge in [0.15, 0.2) is 5.96 Å². The molecule has 0 amide bonds. The Morgan fingerprint density at radius 1 is 1.44 bits per heavy atom. The molecule has 86 valence electrons. The summed E-state index contributed by atoms with van der Waals surface area (Å²) in [6, 6.07) is 8.70. The quantitative estimate of drug-likeness (QED) is 0.925. The smallest absolute Gasteiger partial charge is 0.191 e. The van der Waals surface area contributed by atoms with E-state index in [4.69, 9.17) is 5.73 Å². The van der Waals surface area contributed by atoms with Crippen LogP contribution in [-0.4, -0.2) is 23.9 Å². The maximum absolute atomic E-state index is 5.89. The lowest BCUT2D eigenvalue weighted by Gasteiger charge is -2.26. The second kappa shape index (κ2) is 4.87. The number of halogens is 1. The molecule has 0 radical (unpaired) electrons. The minimum Gasteiger partial charge on any atom is -0.370 e. The van der Waals surface area contributed by atoms with E-state index in [9.17, 15) is 0 Å². The first kappa shape index (κ1) is 11.5. The summed E-state index contributed by atoms with van der Waals surface area (Å²) in [6.07, 6.45) is 1.09. The highest BCUT2D eigenvalue weighted by Crippen LogP contribution is 2.26. The van der Waals surface area contributed by atoms with Crippen molar-refractivity contribution in [3.05, 3.63) is 34.3 Å². The highest BCUT2D eigenvalue weighted by Gasteiger charge is 2.26. The summed E-state index contributed by atoms with van der Waals surface area (Å²) in [6.45, 7) is 3.90. The molecule has 0 saturated carbocycles. The topological polar surface area (TPSA) is 41.6 Å². The van der Waals surface area contributed by atoms with Gasteiger partial charge < -0.3 is 10.6 Å². The molecule has 1 atom stereocenters. The summed E-state index contributed by atoms with van der Waals surface area (Å²) in [5.41, 5.74) is 7.17. The van der Waals surface area contributed by atoms with Gasteiger partial charge in [-0.3, -0.25) is 4.99 Å². The molecule has 1 aliphatic rings. The molecule has 0 spiro atoms. The van der Waals surface area contributed by atoms with E-state index in [1.807, 2.05) is 0 Å². The van der Waals surface area contributed by atoms with Crippen molar-refractivity contribution in [3.8, 4) is 0 Å². The predicted octanol–water partition coefficient (Wildman–Crippen LogP) is 2.53. The van der Waals surface area contributed by atoms with E-state index in [-0.39, 0.29) is 0 Å². The Balaban J connectivity index is 2.18. The fourth-order valence-corrected chi connectivity index (χ4v) is 2.27. The van der Waals surface area contributed by atoms with E-state index in [0.29, 0.717) is 12.0 Å². The maximum Gasteiger partial charge on any atom is 0.191 e. The third kappa shape index (κ3) is 2.21. The zero-order valence-electron chi connectivity index (χ0n) is 9.36. The molecule has 2 N–H and O–H groups in total. The molecule has 1 unspecified atom stereocenters. The molecule has 16 heavy (non-hydrogen) atoms. The number of nitrogens with two attached hydrogens (primary N) is 1. The van der Waals surface area contributed by atoms with Gasteiger partial charge >= 0.3 is 0 Å². The van der Waals surface area contributed by atoms with Crippen molar-refractivity contribution in [3.63, 3.8) is 0 Å². The number of aliphatic imine (C=N–C) groups is 1. The van der Waals surface area contributed by atoms with Crippen LogP contribution in [0.4, 0.5) is 0 Å². The van der Waals surface area contributed by atoms with Crippen molar-refractivity contribution in [1.29, 1.82) is 0 Å². The van der Waals surface area contributed by atoms with Crippen LogP contribution in [0.25, 0.3) is 0 Å². The van der Waals surface area contributed by atoms with E-state index in [1.165, 1.54) is 5.56 Å². The molecule has 1 aromatic rings. The molecule has 1 aromatic carbocycles. The van der Waals surface area contributed by atoms with Gasteiger partial charge in [0.2, 0.25) is 0 Å². The molecule has 0 bridgehead atoms. The highest BCUT2D eigenvalue weighted by atomic mass is 79.9. The summed E-state index contributed by atoms with van der Waals surface area (Å²) < 4.78 is 1.10. The molecule has 0 aromatic heterocycles. The van der Waals surface area contributed by atoms with E-state index in [2.05, 4.69) is 57.0 Å². The first-order valence-electron chi connectivity index (χ1n) is 5.54. The lowest BCUT2D eigenvalue weighted by Crippen LogP contribution is -2.36. The number of guanidine groups is 1. The van der Waals surface area contributed by atoms with Crippen molar-refractivity contribution in [2.75, 3.05) is 13.1 Å². The SMILES string of the molecule is CCCN1C(N)=NCC1c1ccc(Br)cc1. The van der Waals surface area contributed by atoms with Crippen LogP contribution < -0.4 is 5.73 Å². The van der Waals surface area contributed by atoms with Gasteiger partial charge in [-0.05, 0) is 24.1 Å². The van der Waals surface area contributed by atoms with E-state index < -0.39 is 0 Å². The second-order valence-electron chi connectivity index (χ2n) is 3.96. The molecule has 0 aliphatic carbocycles. The van der Waals surface area contributed by atoms with Gasteiger partial charge in [0.1, 0.15) is 0 Å². The summed E-state index contributed by atoms with van der Waals surface area (Å²) in [5, 5.41) is 0. The van der Waals surface area contributed by atoms with Crippen molar-refractivity contribution in [2.45, 2.75) is 19.4 Å². The summed E-state index contributed by atoms with van der Waals surface area (Å²) in [4.78, 5) is 6.51. The zero-order valence-corrected chi connectivity index (χ0v) is 10.9. The number of hydrogen-bond donors (Lipinski definition) is 1. The van der Waals surface area contributed by atoms with E-state index in [1.54, 1.807) is 0 Å². The van der Waals surface area contributed by atoms with E-state index in [0.717, 1.165) is 24.0 Å². The number of benzene rings is 1. The predicted molar refractivity (Wildman–Crippen MR) is 70.4 cm³/mol. The monoisotopic (exact) mass is 281 g/mol. The van der Waals surface area contributed by atoms with E-state index >= 15 is 0 Å². The van der Waals surface area contributed by atoms with Gasteiger partial charge in [-0.2, -0.15) is 0 Å². The average Bonchev–Trinajstić information content (AvgIpc) is 2.63. The van der Waals surface area contributed by atoms with Crippen LogP contribution >= 0.6 is 15.9 Å². The van der Waals surface area contributed by atoms with Gasteiger partial charge in [0.25, 0.3) is 0 Å². The normalized spacial score (nSPS) is 20.0. The number of hydrogen-bond acceptors (Lipinski definition) is 3. The number of nitrogens with zero attached hydrogens (tertiary/aromatic N) is 2. The largest absolute Gasteiger partial charge is 0.370 e. The van der Waals surface area contributed by atoms with Crippen LogP contribution in [0.15, 0.2) is 33.7 Å². The molecule has 0 fully saturated rings. The fourth-order valence-electron chi connectivity index (χ4n) is 2.01. The minimum atomic E-state index is 0.313. The highest BCUT2D eigenvalue weighted by molar-refractivity contribution is 9.10. The zero-order chi connectivity index (χ0) is 11.5. The molecule has 1 aliphatic heterocycles. The first-order chi connectivity index (χ1) is 7.72. The van der Waals surface area contributed by atoms with Crippen LogP contribution in [0.1, 0.15) is 24.9 Å². The third-order valence-corrected chi connectivity index (χ3v) is 3.34. The lowest BCUT2D eigenvalue weighted by atomic mass is 10.1. The van der Waals surface area contributed by atoms with Crippen molar-refractivity contribution >= 4 is 21.9 Å². The lowest BCUT2D eigenvalue weighted by molar-refractivity contribution is 0.347. The Morgan fingerprint density at radius 2 is 2.12 bits per heavy atom. The standard InChI is InChI=1S/C12H16BrN3/c1-2-7-16-11(8-15-12(16)14)9-3-5-10(13)6-4-9/h3-6,11H,2,7-8H2,1H3,(H2,14,15). The van der Waals surface area contributed by atoms with Crippen LogP contribution in [0.3, 0.4) is 0 Å². The molecule has 0 saturated heterocycles. The van der Waals surface area contributed by atoms with Crippen LogP contribution in [0.5, 0.6) is 0 Å². The van der Waals surface area contributed by atoms with Crippen LogP contribution in [0.2, 0.25) is 0 Å². The Labute approximate surface area is 104 Å². The fraction of sp³-hybridized carbons (Fsp3) is 0.417. The molecule has 2 rings (SSSR count). The van der Waals surface area contributed by atoms with Gasteiger partial charge in [-0.1, -0.05) is 35.0 Å². The molecule has 3 nitrogen and oxygen atoms in total.